The Hall–Kier alpha value is -3.17. The Balaban J connectivity index is 2.04. The van der Waals surface area contributed by atoms with Gasteiger partial charge in [0.25, 0.3) is 10.0 Å². The van der Waals surface area contributed by atoms with E-state index in [2.05, 4.69) is 21.2 Å². The minimum atomic E-state index is -4.10. The molecule has 7 nitrogen and oxygen atoms in total. The molecule has 0 unspecified atom stereocenters. The molecule has 9 heteroatoms. The van der Waals surface area contributed by atoms with Gasteiger partial charge in [-0.05, 0) is 76.1 Å². The molecule has 1 atom stereocenters. The summed E-state index contributed by atoms with van der Waals surface area (Å²) in [6.07, 6.45) is 0. The van der Waals surface area contributed by atoms with Gasteiger partial charge in [-0.3, -0.25) is 13.9 Å². The molecule has 0 saturated heterocycles. The lowest BCUT2D eigenvalue weighted by Gasteiger charge is -2.32. The first-order chi connectivity index (χ1) is 17.9. The molecule has 3 aromatic carbocycles. The highest BCUT2D eigenvalue weighted by molar-refractivity contribution is 9.10. The molecule has 3 rings (SSSR count). The van der Waals surface area contributed by atoms with E-state index in [1.54, 1.807) is 43.3 Å². The molecule has 0 bridgehead atoms. The number of nitrogens with zero attached hydrogens (tertiary/aromatic N) is 2. The van der Waals surface area contributed by atoms with Crippen LogP contribution in [0.15, 0.2) is 82.2 Å². The topological polar surface area (TPSA) is 86.8 Å². The summed E-state index contributed by atoms with van der Waals surface area (Å²) in [6, 6.07) is 20.0. The summed E-state index contributed by atoms with van der Waals surface area (Å²) >= 11 is 3.41. The van der Waals surface area contributed by atoms with Crippen LogP contribution >= 0.6 is 15.9 Å². The predicted molar refractivity (Wildman–Crippen MR) is 154 cm³/mol. The zero-order valence-electron chi connectivity index (χ0n) is 22.3. The van der Waals surface area contributed by atoms with Gasteiger partial charge in [0, 0.05) is 17.1 Å². The van der Waals surface area contributed by atoms with E-state index < -0.39 is 28.5 Å². The van der Waals surface area contributed by atoms with Gasteiger partial charge in [-0.2, -0.15) is 0 Å². The fourth-order valence-corrected chi connectivity index (χ4v) is 5.75. The summed E-state index contributed by atoms with van der Waals surface area (Å²) in [5, 5.41) is 2.86. The maximum atomic E-state index is 13.9. The number of benzene rings is 3. The molecular weight excluding hydrogens is 566 g/mol. The number of anilines is 1. The molecule has 202 valence electrons. The third kappa shape index (κ3) is 7.23. The Morgan fingerprint density at radius 1 is 0.921 bits per heavy atom. The van der Waals surface area contributed by atoms with Crippen molar-refractivity contribution >= 4 is 43.5 Å². The van der Waals surface area contributed by atoms with Crippen LogP contribution in [0.2, 0.25) is 0 Å². The number of aryl methyl sites for hydroxylation is 2. The molecule has 0 aliphatic carbocycles. The number of nitrogens with one attached hydrogen (secondary N) is 1. The summed E-state index contributed by atoms with van der Waals surface area (Å²) in [5.41, 5.74) is 3.10. The van der Waals surface area contributed by atoms with E-state index in [0.717, 1.165) is 21.0 Å². The lowest BCUT2D eigenvalue weighted by Crippen LogP contribution is -2.52. The Bertz CT molecular complexity index is 1390. The van der Waals surface area contributed by atoms with Crippen molar-refractivity contribution in [3.63, 3.8) is 0 Å². The van der Waals surface area contributed by atoms with Crippen LogP contribution in [0, 0.1) is 13.8 Å². The second kappa shape index (κ2) is 12.6. The molecule has 0 fully saturated rings. The fraction of sp³-hybridized carbons (Fsp3) is 0.310. The summed E-state index contributed by atoms with van der Waals surface area (Å²) < 4.78 is 29.4. The third-order valence-corrected chi connectivity index (χ3v) is 8.47. The molecule has 0 radical (unpaired) electrons. The third-order valence-electron chi connectivity index (χ3n) is 6.18. The zero-order valence-corrected chi connectivity index (χ0v) is 24.7. The molecule has 1 N–H and O–H groups in total. The van der Waals surface area contributed by atoms with Gasteiger partial charge in [0.1, 0.15) is 12.6 Å². The van der Waals surface area contributed by atoms with Gasteiger partial charge < -0.3 is 10.2 Å². The molecule has 0 aliphatic rings. The molecule has 0 saturated carbocycles. The fourth-order valence-electron chi connectivity index (χ4n) is 3.96. The van der Waals surface area contributed by atoms with Crippen LogP contribution < -0.4 is 9.62 Å². The summed E-state index contributed by atoms with van der Waals surface area (Å²) in [5.74, 6) is -0.798. The molecule has 3 aromatic rings. The van der Waals surface area contributed by atoms with E-state index in [0.29, 0.717) is 10.2 Å². The van der Waals surface area contributed by atoms with Gasteiger partial charge in [0.15, 0.2) is 0 Å². The van der Waals surface area contributed by atoms with Crippen LogP contribution in [-0.2, 0) is 26.2 Å². The molecule has 0 heterocycles. The number of hydrogen-bond donors (Lipinski definition) is 1. The van der Waals surface area contributed by atoms with Gasteiger partial charge in [-0.1, -0.05) is 64.0 Å². The van der Waals surface area contributed by atoms with Gasteiger partial charge in [-0.15, -0.1) is 0 Å². The molecule has 0 spiro atoms. The van der Waals surface area contributed by atoms with Gasteiger partial charge in [0.05, 0.1) is 10.6 Å². The van der Waals surface area contributed by atoms with Crippen LogP contribution in [0.4, 0.5) is 5.69 Å². The van der Waals surface area contributed by atoms with Crippen LogP contribution in [0.5, 0.6) is 0 Å². The summed E-state index contributed by atoms with van der Waals surface area (Å²) in [6.45, 7) is 8.85. The van der Waals surface area contributed by atoms with E-state index in [4.69, 9.17) is 0 Å². The van der Waals surface area contributed by atoms with Crippen molar-refractivity contribution in [3.05, 3.63) is 94.0 Å². The largest absolute Gasteiger partial charge is 0.352 e. The average Bonchev–Trinajstić information content (AvgIpc) is 2.86. The molecule has 2 amide bonds. The van der Waals surface area contributed by atoms with E-state index in [1.807, 2.05) is 52.0 Å². The Morgan fingerprint density at radius 2 is 1.58 bits per heavy atom. The lowest BCUT2D eigenvalue weighted by molar-refractivity contribution is -0.139. The molecule has 38 heavy (non-hydrogen) atoms. The van der Waals surface area contributed by atoms with Crippen molar-refractivity contribution in [3.8, 4) is 0 Å². The van der Waals surface area contributed by atoms with Crippen LogP contribution in [-0.4, -0.2) is 43.8 Å². The van der Waals surface area contributed by atoms with Crippen LogP contribution in [0.3, 0.4) is 0 Å². The maximum Gasteiger partial charge on any atom is 0.264 e. The van der Waals surface area contributed by atoms with Crippen molar-refractivity contribution in [1.29, 1.82) is 0 Å². The number of amides is 2. The number of sulfonamides is 1. The first kappa shape index (κ1) is 29.4. The second-order valence-electron chi connectivity index (χ2n) is 9.59. The van der Waals surface area contributed by atoms with Crippen molar-refractivity contribution < 1.29 is 18.0 Å². The number of halogens is 1. The van der Waals surface area contributed by atoms with Crippen molar-refractivity contribution in [2.45, 2.75) is 58.1 Å². The molecular formula is C29H34BrN3O4S. The minimum absolute atomic E-state index is 0.0759. The van der Waals surface area contributed by atoms with E-state index in [1.165, 1.54) is 17.0 Å². The smallest absolute Gasteiger partial charge is 0.264 e. The Morgan fingerprint density at radius 3 is 2.18 bits per heavy atom. The minimum Gasteiger partial charge on any atom is -0.352 e. The van der Waals surface area contributed by atoms with Crippen molar-refractivity contribution in [2.75, 3.05) is 10.8 Å². The van der Waals surface area contributed by atoms with Gasteiger partial charge in [-0.25, -0.2) is 8.42 Å². The highest BCUT2D eigenvalue weighted by Gasteiger charge is 2.32. The maximum absolute atomic E-state index is 13.9. The molecule has 0 aliphatic heterocycles. The van der Waals surface area contributed by atoms with Gasteiger partial charge >= 0.3 is 0 Å². The Labute approximate surface area is 234 Å². The first-order valence-electron chi connectivity index (χ1n) is 12.4. The Kier molecular flexibility index (Phi) is 9.73. The second-order valence-corrected chi connectivity index (χ2v) is 12.4. The lowest BCUT2D eigenvalue weighted by atomic mass is 10.1. The number of carbonyl (C=O) groups excluding carboxylic acids is 2. The highest BCUT2D eigenvalue weighted by atomic mass is 79.9. The quantitative estimate of drug-likeness (QED) is 0.347. The van der Waals surface area contributed by atoms with E-state index in [-0.39, 0.29) is 23.4 Å². The van der Waals surface area contributed by atoms with Gasteiger partial charge in [0.2, 0.25) is 11.8 Å². The summed E-state index contributed by atoms with van der Waals surface area (Å²) in [4.78, 5) is 28.4. The zero-order chi connectivity index (χ0) is 28.0. The van der Waals surface area contributed by atoms with Crippen molar-refractivity contribution in [1.82, 2.24) is 10.2 Å². The van der Waals surface area contributed by atoms with E-state index >= 15 is 0 Å². The highest BCUT2D eigenvalue weighted by Crippen LogP contribution is 2.27. The number of carbonyl (C=O) groups is 2. The van der Waals surface area contributed by atoms with Crippen molar-refractivity contribution in [2.24, 2.45) is 0 Å². The monoisotopic (exact) mass is 599 g/mol. The standard InChI is InChI=1S/C29H34BrN3O4S/c1-20(2)31-29(35)23(5)32(18-24-10-7-6-9-22(24)4)28(34)19-33(26-12-8-11-25(30)17-26)38(36,37)27-15-13-21(3)14-16-27/h6-17,20,23H,18-19H2,1-5H3,(H,31,35)/t23-/m0/s1. The normalized spacial score (nSPS) is 12.2. The van der Waals surface area contributed by atoms with Crippen LogP contribution in [0.1, 0.15) is 37.5 Å². The average molecular weight is 601 g/mol. The predicted octanol–water partition coefficient (Wildman–Crippen LogP) is 5.20. The SMILES string of the molecule is Cc1ccc(S(=O)(=O)N(CC(=O)N(Cc2ccccc2C)[C@@H](C)C(=O)NC(C)C)c2cccc(Br)c2)cc1. The van der Waals surface area contributed by atoms with E-state index in [9.17, 15) is 18.0 Å². The van der Waals surface area contributed by atoms with Crippen LogP contribution in [0.25, 0.3) is 0 Å². The number of rotatable bonds is 10. The summed E-state index contributed by atoms with van der Waals surface area (Å²) in [7, 11) is -4.10. The molecule has 0 aromatic heterocycles. The number of hydrogen-bond acceptors (Lipinski definition) is 4. The first-order valence-corrected chi connectivity index (χ1v) is 14.6.